The summed E-state index contributed by atoms with van der Waals surface area (Å²) in [4.78, 5) is 10.6. The minimum atomic E-state index is -1.19. The van der Waals surface area contributed by atoms with Gasteiger partial charge in [0, 0.05) is 6.04 Å². The van der Waals surface area contributed by atoms with Crippen LogP contribution in [0.4, 0.5) is 0 Å². The summed E-state index contributed by atoms with van der Waals surface area (Å²) < 4.78 is 0. The first-order chi connectivity index (χ1) is 10.6. The van der Waals surface area contributed by atoms with Crippen LogP contribution in [0.3, 0.4) is 0 Å². The molecule has 2 atom stereocenters. The Labute approximate surface area is 135 Å². The van der Waals surface area contributed by atoms with Gasteiger partial charge >= 0.3 is 0 Å². The second-order valence-electron chi connectivity index (χ2n) is 5.62. The van der Waals surface area contributed by atoms with E-state index in [9.17, 15) is 9.90 Å². The lowest BCUT2D eigenvalue weighted by atomic mass is 9.86. The smallest absolute Gasteiger partial charge is 0.187 e. The summed E-state index contributed by atoms with van der Waals surface area (Å²) in [5, 5.41) is 18.5. The Morgan fingerprint density at radius 1 is 1.32 bits per heavy atom. The van der Waals surface area contributed by atoms with Crippen molar-refractivity contribution in [2.45, 2.75) is 38.6 Å². The lowest BCUT2D eigenvalue weighted by molar-refractivity contribution is -0.255. The van der Waals surface area contributed by atoms with E-state index in [0.717, 1.165) is 12.0 Å². The molecule has 1 aromatic carbocycles. The largest absolute Gasteiger partial charge is 0.545 e. The molecule has 22 heavy (non-hydrogen) atoms. The summed E-state index contributed by atoms with van der Waals surface area (Å²) in [7, 11) is 0. The average molecular weight is 318 g/mol. The lowest BCUT2D eigenvalue weighted by Gasteiger charge is -2.30. The first kappa shape index (κ1) is 16.4. The zero-order valence-corrected chi connectivity index (χ0v) is 13.4. The molecule has 1 aromatic rings. The zero-order chi connectivity index (χ0) is 15.9. The molecule has 0 aromatic heterocycles. The van der Waals surface area contributed by atoms with Crippen LogP contribution in [0.25, 0.3) is 0 Å². The summed E-state index contributed by atoms with van der Waals surface area (Å²) in [5.41, 5.74) is 3.73. The van der Waals surface area contributed by atoms with E-state index in [2.05, 4.69) is 22.8 Å². The Morgan fingerprint density at radius 2 is 2.00 bits per heavy atom. The Hall–Kier alpha value is -1.95. The fraction of sp³-hybridized carbons (Fsp3) is 0.438. The van der Waals surface area contributed by atoms with Crippen LogP contribution < -0.4 is 15.8 Å². The van der Waals surface area contributed by atoms with E-state index < -0.39 is 5.97 Å². The van der Waals surface area contributed by atoms with Gasteiger partial charge in [0.15, 0.2) is 5.11 Å². The number of nitrogens with zero attached hydrogens (tertiary/aromatic N) is 1. The predicted molar refractivity (Wildman–Crippen MR) is 88.7 cm³/mol. The third kappa shape index (κ3) is 4.80. The number of rotatable bonds is 4. The first-order valence-electron chi connectivity index (χ1n) is 7.47. The molecule has 0 heterocycles. The molecule has 6 heteroatoms. The molecule has 0 amide bonds. The van der Waals surface area contributed by atoms with Gasteiger partial charge in [0.2, 0.25) is 0 Å². The van der Waals surface area contributed by atoms with Crippen molar-refractivity contribution in [2.75, 3.05) is 0 Å². The Bertz CT molecular complexity index is 557. The Balaban J connectivity index is 1.81. The molecule has 0 aliphatic heterocycles. The predicted octanol–water partition coefficient (Wildman–Crippen LogP) is 1.43. The highest BCUT2D eigenvalue weighted by atomic mass is 32.1. The Morgan fingerprint density at radius 3 is 2.64 bits per heavy atom. The van der Waals surface area contributed by atoms with Crippen LogP contribution in [0.2, 0.25) is 0 Å². The summed E-state index contributed by atoms with van der Waals surface area (Å²) in [6.07, 6.45) is 6.49. The molecule has 1 aliphatic rings. The van der Waals surface area contributed by atoms with Gasteiger partial charge < -0.3 is 15.2 Å². The van der Waals surface area contributed by atoms with E-state index >= 15 is 0 Å². The van der Waals surface area contributed by atoms with Crippen molar-refractivity contribution in [3.63, 3.8) is 0 Å². The van der Waals surface area contributed by atoms with Crippen LogP contribution in [0.1, 0.15) is 48.5 Å². The molecular formula is C16H20N3O2S-. The van der Waals surface area contributed by atoms with E-state index in [4.69, 9.17) is 12.2 Å². The molecule has 1 aliphatic carbocycles. The van der Waals surface area contributed by atoms with Crippen LogP contribution in [0.5, 0.6) is 0 Å². The molecule has 0 saturated heterocycles. The van der Waals surface area contributed by atoms with Crippen molar-refractivity contribution in [3.8, 4) is 0 Å². The minimum absolute atomic E-state index is 0.147. The average Bonchev–Trinajstić information content (AvgIpc) is 2.50. The number of aromatic carboxylic acids is 1. The van der Waals surface area contributed by atoms with Crippen molar-refractivity contribution < 1.29 is 9.90 Å². The van der Waals surface area contributed by atoms with Gasteiger partial charge in [-0.15, -0.1) is 0 Å². The van der Waals surface area contributed by atoms with Gasteiger partial charge in [-0.25, -0.2) is 0 Å². The maximum atomic E-state index is 10.6. The number of benzene rings is 1. The summed E-state index contributed by atoms with van der Waals surface area (Å²) in [5.74, 6) is -0.566. The van der Waals surface area contributed by atoms with Gasteiger partial charge in [-0.1, -0.05) is 44.0 Å². The van der Waals surface area contributed by atoms with E-state index in [-0.39, 0.29) is 5.56 Å². The van der Waals surface area contributed by atoms with Crippen LogP contribution in [0.15, 0.2) is 29.4 Å². The highest BCUT2D eigenvalue weighted by molar-refractivity contribution is 7.80. The molecule has 2 rings (SSSR count). The third-order valence-corrected chi connectivity index (χ3v) is 4.16. The quantitative estimate of drug-likeness (QED) is 0.499. The fourth-order valence-electron chi connectivity index (χ4n) is 2.60. The zero-order valence-electron chi connectivity index (χ0n) is 12.5. The molecule has 0 unspecified atom stereocenters. The van der Waals surface area contributed by atoms with Crippen molar-refractivity contribution in [1.29, 1.82) is 0 Å². The minimum Gasteiger partial charge on any atom is -0.545 e. The Kier molecular flexibility index (Phi) is 5.89. The van der Waals surface area contributed by atoms with Crippen LogP contribution in [-0.2, 0) is 0 Å². The van der Waals surface area contributed by atoms with Gasteiger partial charge in [-0.05, 0) is 42.1 Å². The lowest BCUT2D eigenvalue weighted by Crippen LogP contribution is -2.44. The topological polar surface area (TPSA) is 76.5 Å². The number of carboxylic acids is 1. The summed E-state index contributed by atoms with van der Waals surface area (Å²) in [6.45, 7) is 2.24. The number of nitrogens with one attached hydrogen (secondary N) is 2. The van der Waals surface area contributed by atoms with E-state index in [0.29, 0.717) is 17.1 Å². The van der Waals surface area contributed by atoms with Gasteiger partial charge in [-0.2, -0.15) is 5.10 Å². The van der Waals surface area contributed by atoms with E-state index in [1.165, 1.54) is 31.4 Å². The van der Waals surface area contributed by atoms with Crippen molar-refractivity contribution >= 4 is 29.5 Å². The van der Waals surface area contributed by atoms with Gasteiger partial charge in [-0.3, -0.25) is 5.43 Å². The second kappa shape index (κ2) is 7.89. The SMILES string of the molecule is C[C@@H]1CCCC[C@H]1NC(=S)N/N=C\c1ccc(C(=O)[O-])cc1. The number of hydrogen-bond donors (Lipinski definition) is 2. The van der Waals surface area contributed by atoms with E-state index in [1.54, 1.807) is 18.3 Å². The van der Waals surface area contributed by atoms with E-state index in [1.807, 2.05) is 0 Å². The molecule has 0 bridgehead atoms. The second-order valence-corrected chi connectivity index (χ2v) is 6.03. The molecular weight excluding hydrogens is 298 g/mol. The van der Waals surface area contributed by atoms with Crippen molar-refractivity contribution in [3.05, 3.63) is 35.4 Å². The number of carbonyl (C=O) groups is 1. The van der Waals surface area contributed by atoms with Gasteiger partial charge in [0.25, 0.3) is 0 Å². The van der Waals surface area contributed by atoms with Crippen molar-refractivity contribution in [2.24, 2.45) is 11.0 Å². The number of thiocarbonyl (C=S) groups is 1. The maximum absolute atomic E-state index is 10.6. The molecule has 0 radical (unpaired) electrons. The third-order valence-electron chi connectivity index (χ3n) is 3.95. The van der Waals surface area contributed by atoms with Crippen LogP contribution in [-0.4, -0.2) is 23.3 Å². The molecule has 1 saturated carbocycles. The molecule has 1 fully saturated rings. The van der Waals surface area contributed by atoms with Crippen molar-refractivity contribution in [1.82, 2.24) is 10.7 Å². The highest BCUT2D eigenvalue weighted by Gasteiger charge is 2.21. The fourth-order valence-corrected chi connectivity index (χ4v) is 2.81. The standard InChI is InChI=1S/C16H21N3O2S/c1-11-4-2-3-5-14(11)18-16(22)19-17-10-12-6-8-13(9-7-12)15(20)21/h6-11,14H,2-5H2,1H3,(H,20,21)(H2,18,19,22)/p-1/b17-10-/t11-,14-/m1/s1. The summed E-state index contributed by atoms with van der Waals surface area (Å²) in [6, 6.07) is 6.70. The first-order valence-corrected chi connectivity index (χ1v) is 7.88. The van der Waals surface area contributed by atoms with Crippen LogP contribution in [0, 0.1) is 5.92 Å². The number of carbonyl (C=O) groups excluding carboxylic acids is 1. The van der Waals surface area contributed by atoms with Gasteiger partial charge in [0.05, 0.1) is 12.2 Å². The summed E-state index contributed by atoms with van der Waals surface area (Å²) >= 11 is 5.24. The van der Waals surface area contributed by atoms with Gasteiger partial charge in [0.1, 0.15) is 0 Å². The molecule has 5 nitrogen and oxygen atoms in total. The number of hydrazone groups is 1. The highest BCUT2D eigenvalue weighted by Crippen LogP contribution is 2.23. The number of carboxylic acid groups (broad SMARTS) is 1. The normalized spacial score (nSPS) is 21.5. The molecule has 0 spiro atoms. The number of hydrogen-bond acceptors (Lipinski definition) is 4. The molecule has 2 N–H and O–H groups in total. The van der Waals surface area contributed by atoms with Crippen LogP contribution >= 0.6 is 12.2 Å². The molecule has 118 valence electrons. The maximum Gasteiger partial charge on any atom is 0.187 e. The monoisotopic (exact) mass is 318 g/mol.